The third kappa shape index (κ3) is 6.01. The van der Waals surface area contributed by atoms with E-state index in [0.29, 0.717) is 35.1 Å². The lowest BCUT2D eigenvalue weighted by molar-refractivity contribution is -0.124. The van der Waals surface area contributed by atoms with Gasteiger partial charge in [0.25, 0.3) is 0 Å². The smallest absolute Gasteiger partial charge is 0.248 e. The largest absolute Gasteiger partial charge is 0.488 e. The lowest BCUT2D eigenvalue weighted by atomic mass is 9.73. The second-order valence-electron chi connectivity index (χ2n) is 12.2. The highest BCUT2D eigenvalue weighted by atomic mass is 32.2. The molecule has 5 aromatic rings. The summed E-state index contributed by atoms with van der Waals surface area (Å²) in [7, 11) is -3.93. The van der Waals surface area contributed by atoms with E-state index < -0.39 is 21.4 Å². The molecule has 0 aliphatic carbocycles. The van der Waals surface area contributed by atoms with Crippen molar-refractivity contribution in [2.75, 3.05) is 11.9 Å². The molecule has 1 aromatic carbocycles. The van der Waals surface area contributed by atoms with Crippen molar-refractivity contribution in [2.45, 2.75) is 78.0 Å². The number of thiazole rings is 1. The van der Waals surface area contributed by atoms with Gasteiger partial charge >= 0.3 is 0 Å². The van der Waals surface area contributed by atoms with Crippen molar-refractivity contribution in [3.63, 3.8) is 0 Å². The summed E-state index contributed by atoms with van der Waals surface area (Å²) >= 11 is 1.47. The van der Waals surface area contributed by atoms with Crippen molar-refractivity contribution >= 4 is 44.0 Å². The molecule has 0 spiro atoms. The molecule has 0 bridgehead atoms. The number of fused-ring (bicyclic) bond motifs is 2. The van der Waals surface area contributed by atoms with Crippen LogP contribution in [0.1, 0.15) is 66.7 Å². The first-order valence-electron chi connectivity index (χ1n) is 15.6. The van der Waals surface area contributed by atoms with Gasteiger partial charge in [-0.3, -0.25) is 14.8 Å². The van der Waals surface area contributed by atoms with Gasteiger partial charge in [-0.25, -0.2) is 18.1 Å². The average Bonchev–Trinajstić information content (AvgIpc) is 3.62. The van der Waals surface area contributed by atoms with E-state index in [4.69, 9.17) is 9.72 Å². The van der Waals surface area contributed by atoms with Gasteiger partial charge in [0.2, 0.25) is 15.9 Å². The SMILES string of the molecule is CC[C@@H]1CN(Cc2nc(C(c3ccc4c(nnn4CC)c3C)C(C)(C)C(=O)Nc3cccnc3)sc2C)S(=O)(=O)c2cnccc2O1. The number of hydrogen-bond donors (Lipinski definition) is 1. The number of aryl methyl sites for hydroxylation is 3. The minimum atomic E-state index is -3.93. The summed E-state index contributed by atoms with van der Waals surface area (Å²) in [5, 5.41) is 12.5. The van der Waals surface area contributed by atoms with Crippen molar-refractivity contribution in [3.05, 3.63) is 81.8 Å². The molecule has 1 unspecified atom stereocenters. The van der Waals surface area contributed by atoms with Gasteiger partial charge in [-0.1, -0.05) is 32.1 Å². The fourth-order valence-electron chi connectivity index (χ4n) is 6.01. The number of carbonyl (C=O) groups excluding carboxylic acids is 1. The number of pyridine rings is 2. The van der Waals surface area contributed by atoms with Crippen LogP contribution in [0.5, 0.6) is 5.75 Å². The second kappa shape index (κ2) is 12.7. The lowest BCUT2D eigenvalue weighted by Crippen LogP contribution is -2.37. The van der Waals surface area contributed by atoms with Gasteiger partial charge in [0.15, 0.2) is 0 Å². The zero-order valence-corrected chi connectivity index (χ0v) is 28.9. The fourth-order valence-corrected chi connectivity index (χ4v) is 8.74. The van der Waals surface area contributed by atoms with Gasteiger partial charge in [0.05, 0.1) is 53.7 Å². The number of nitrogens with zero attached hydrogens (tertiary/aromatic N) is 7. The van der Waals surface area contributed by atoms with Crippen LogP contribution in [0.25, 0.3) is 11.0 Å². The van der Waals surface area contributed by atoms with E-state index in [1.807, 2.05) is 58.4 Å². The van der Waals surface area contributed by atoms with Crippen molar-refractivity contribution < 1.29 is 17.9 Å². The van der Waals surface area contributed by atoms with Gasteiger partial charge in [0.1, 0.15) is 27.3 Å². The molecule has 47 heavy (non-hydrogen) atoms. The van der Waals surface area contributed by atoms with E-state index in [1.54, 1.807) is 30.6 Å². The Labute approximate surface area is 278 Å². The van der Waals surface area contributed by atoms with E-state index in [-0.39, 0.29) is 30.0 Å². The molecule has 0 fully saturated rings. The molecule has 2 atom stereocenters. The van der Waals surface area contributed by atoms with Crippen LogP contribution < -0.4 is 10.1 Å². The predicted molar refractivity (Wildman–Crippen MR) is 180 cm³/mol. The van der Waals surface area contributed by atoms with Gasteiger partial charge in [-0.05, 0) is 62.6 Å². The number of amides is 1. The molecular weight excluding hydrogens is 637 g/mol. The normalized spacial score (nSPS) is 17.1. The summed E-state index contributed by atoms with van der Waals surface area (Å²) in [6.45, 7) is 12.6. The van der Waals surface area contributed by atoms with E-state index in [1.165, 1.54) is 28.0 Å². The van der Waals surface area contributed by atoms with Crippen LogP contribution in [-0.2, 0) is 27.9 Å². The number of carbonyl (C=O) groups is 1. The van der Waals surface area contributed by atoms with Crippen LogP contribution in [0.4, 0.5) is 5.69 Å². The minimum Gasteiger partial charge on any atom is -0.488 e. The zero-order chi connectivity index (χ0) is 33.5. The highest BCUT2D eigenvalue weighted by Crippen LogP contribution is 2.46. The highest BCUT2D eigenvalue weighted by molar-refractivity contribution is 7.89. The number of anilines is 1. The van der Waals surface area contributed by atoms with E-state index in [2.05, 4.69) is 25.6 Å². The van der Waals surface area contributed by atoms with Crippen molar-refractivity contribution in [1.29, 1.82) is 0 Å². The Morgan fingerprint density at radius 2 is 1.91 bits per heavy atom. The summed E-state index contributed by atoms with van der Waals surface area (Å²) in [5.74, 6) is -0.397. The van der Waals surface area contributed by atoms with Crippen LogP contribution in [0.3, 0.4) is 0 Å². The van der Waals surface area contributed by atoms with Gasteiger partial charge in [0, 0.05) is 23.8 Å². The lowest BCUT2D eigenvalue weighted by Gasteiger charge is -2.33. The van der Waals surface area contributed by atoms with Gasteiger partial charge in [-0.15, -0.1) is 16.4 Å². The Kier molecular flexibility index (Phi) is 8.85. The number of hydrogen-bond acceptors (Lipinski definition) is 10. The van der Waals surface area contributed by atoms with Crippen molar-refractivity contribution in [2.24, 2.45) is 5.41 Å². The number of ether oxygens (including phenoxy) is 1. The molecule has 0 saturated heterocycles. The Balaban J connectivity index is 1.43. The molecule has 4 aromatic heterocycles. The first kappa shape index (κ1) is 32.7. The van der Waals surface area contributed by atoms with Gasteiger partial charge in [-0.2, -0.15) is 4.31 Å². The number of sulfonamides is 1. The molecule has 1 aliphatic rings. The van der Waals surface area contributed by atoms with Gasteiger partial charge < -0.3 is 10.1 Å². The Morgan fingerprint density at radius 1 is 1.13 bits per heavy atom. The molecule has 12 nitrogen and oxygen atoms in total. The summed E-state index contributed by atoms with van der Waals surface area (Å²) in [4.78, 5) is 28.3. The van der Waals surface area contributed by atoms with E-state index in [9.17, 15) is 13.2 Å². The first-order valence-corrected chi connectivity index (χ1v) is 17.8. The summed E-state index contributed by atoms with van der Waals surface area (Å²) in [5.41, 5.74) is 3.69. The van der Waals surface area contributed by atoms with Crippen LogP contribution in [-0.4, -0.2) is 61.2 Å². The standard InChI is InChI=1S/C33H38N8O4S2/c1-7-23-18-40(47(43,44)28-17-35-15-13-27(28)45-23)19-25-21(4)46-31(37-25)29(33(5,6)32(42)36-22-10-9-14-34-16-22)24-11-12-26-30(20(24)3)38-39-41(26)8-2/h9-17,23,29H,7-8,18-19H2,1-6H3,(H,36,42)/t23-,29?/m1/s1. The molecule has 0 saturated carbocycles. The Bertz CT molecular complexity index is 2040. The Morgan fingerprint density at radius 3 is 2.64 bits per heavy atom. The molecule has 14 heteroatoms. The second-order valence-corrected chi connectivity index (χ2v) is 15.4. The summed E-state index contributed by atoms with van der Waals surface area (Å²) in [6, 6.07) is 9.17. The number of nitrogens with one attached hydrogen (secondary N) is 1. The van der Waals surface area contributed by atoms with E-state index >= 15 is 0 Å². The van der Waals surface area contributed by atoms with Crippen LogP contribution in [0.15, 0.2) is 60.0 Å². The molecular formula is C33H38N8O4S2. The molecule has 1 aliphatic heterocycles. The highest BCUT2D eigenvalue weighted by Gasteiger charge is 2.43. The topological polar surface area (TPSA) is 145 Å². The molecule has 1 amide bonds. The summed E-state index contributed by atoms with van der Waals surface area (Å²) in [6.07, 6.45) is 6.42. The van der Waals surface area contributed by atoms with Crippen LogP contribution >= 0.6 is 11.3 Å². The molecule has 0 radical (unpaired) electrons. The molecule has 246 valence electrons. The maximum Gasteiger partial charge on any atom is 0.248 e. The van der Waals surface area contributed by atoms with Crippen molar-refractivity contribution in [3.8, 4) is 5.75 Å². The number of benzene rings is 1. The number of aromatic nitrogens is 6. The zero-order valence-electron chi connectivity index (χ0n) is 27.3. The third-order valence-corrected chi connectivity index (χ3v) is 11.7. The van der Waals surface area contributed by atoms with Crippen LogP contribution in [0.2, 0.25) is 0 Å². The Hall–Kier alpha value is -4.27. The molecule has 6 rings (SSSR count). The predicted octanol–water partition coefficient (Wildman–Crippen LogP) is 5.47. The summed E-state index contributed by atoms with van der Waals surface area (Å²) < 4.78 is 37.1. The average molecular weight is 675 g/mol. The fraction of sp³-hybridized carbons (Fsp3) is 0.394. The van der Waals surface area contributed by atoms with Crippen molar-refractivity contribution in [1.82, 2.24) is 34.3 Å². The van der Waals surface area contributed by atoms with Crippen LogP contribution in [0, 0.1) is 19.3 Å². The number of rotatable bonds is 9. The quantitative estimate of drug-likeness (QED) is 0.215. The first-order chi connectivity index (χ1) is 22.4. The molecule has 1 N–H and O–H groups in total. The maximum atomic E-state index is 14.1. The van der Waals surface area contributed by atoms with E-state index in [0.717, 1.165) is 27.0 Å². The monoisotopic (exact) mass is 674 g/mol. The molecule has 5 heterocycles. The third-order valence-electron chi connectivity index (χ3n) is 8.82. The minimum absolute atomic E-state index is 0.0409. The maximum absolute atomic E-state index is 14.1.